The minimum Gasteiger partial charge on any atom is -0.0888 e. The van der Waals surface area contributed by atoms with Crippen molar-refractivity contribution < 1.29 is 0 Å². The number of hydrogen-bond acceptors (Lipinski definition) is 0. The SMILES string of the molecule is ClC1=Cc2cc(Cl)cc3cccc(c23)C1. The summed E-state index contributed by atoms with van der Waals surface area (Å²) in [5.41, 5.74) is 2.41. The molecule has 2 aromatic rings. The molecule has 0 radical (unpaired) electrons. The van der Waals surface area contributed by atoms with Crippen LogP contribution < -0.4 is 0 Å². The largest absolute Gasteiger partial charge is 0.0888 e. The fourth-order valence-electron chi connectivity index (χ4n) is 2.17. The molecule has 0 nitrogen and oxygen atoms in total. The molecule has 2 heteroatoms. The van der Waals surface area contributed by atoms with Gasteiger partial charge in [0.2, 0.25) is 0 Å². The zero-order valence-corrected chi connectivity index (χ0v) is 9.44. The Bertz CT molecular complexity index is 582. The fraction of sp³-hybridized carbons (Fsp3) is 0.0769. The Morgan fingerprint density at radius 2 is 1.93 bits per heavy atom. The topological polar surface area (TPSA) is 0 Å². The third-order valence-electron chi connectivity index (χ3n) is 2.73. The third kappa shape index (κ3) is 1.45. The van der Waals surface area contributed by atoms with E-state index in [2.05, 4.69) is 12.1 Å². The zero-order chi connectivity index (χ0) is 10.4. The fourth-order valence-corrected chi connectivity index (χ4v) is 2.66. The third-order valence-corrected chi connectivity index (χ3v) is 3.19. The number of halogens is 2. The molecule has 0 fully saturated rings. The highest BCUT2D eigenvalue weighted by molar-refractivity contribution is 6.34. The highest BCUT2D eigenvalue weighted by Gasteiger charge is 2.12. The molecule has 0 saturated carbocycles. The van der Waals surface area contributed by atoms with Gasteiger partial charge in [-0.05, 0) is 40.1 Å². The lowest BCUT2D eigenvalue weighted by molar-refractivity contribution is 1.26. The van der Waals surface area contributed by atoms with Crippen LogP contribution in [0.4, 0.5) is 0 Å². The lowest BCUT2D eigenvalue weighted by Crippen LogP contribution is -1.95. The highest BCUT2D eigenvalue weighted by atomic mass is 35.5. The van der Waals surface area contributed by atoms with E-state index in [1.807, 2.05) is 24.3 Å². The van der Waals surface area contributed by atoms with Gasteiger partial charge in [-0.2, -0.15) is 0 Å². The molecule has 1 aliphatic rings. The summed E-state index contributed by atoms with van der Waals surface area (Å²) < 4.78 is 0. The monoisotopic (exact) mass is 234 g/mol. The molecule has 0 atom stereocenters. The second-order valence-corrected chi connectivity index (χ2v) is 4.70. The Balaban J connectivity index is 2.49. The number of benzene rings is 2. The molecule has 0 heterocycles. The number of allylic oxidation sites excluding steroid dienone is 1. The van der Waals surface area contributed by atoms with Crippen LogP contribution in [0.15, 0.2) is 35.4 Å². The van der Waals surface area contributed by atoms with E-state index in [1.165, 1.54) is 16.3 Å². The summed E-state index contributed by atoms with van der Waals surface area (Å²) in [4.78, 5) is 0. The standard InChI is InChI=1S/C13H8Cl2/c14-11-4-8-2-1-3-9-5-12(15)7-10(6-11)13(8)9/h1-4,6-7H,5H2. The summed E-state index contributed by atoms with van der Waals surface area (Å²) in [5, 5.41) is 4.11. The van der Waals surface area contributed by atoms with Crippen molar-refractivity contribution in [3.05, 3.63) is 51.5 Å². The van der Waals surface area contributed by atoms with Gasteiger partial charge in [0.05, 0.1) is 0 Å². The molecule has 3 rings (SSSR count). The van der Waals surface area contributed by atoms with Crippen molar-refractivity contribution in [3.8, 4) is 0 Å². The molecule has 1 aliphatic carbocycles. The maximum Gasteiger partial charge on any atom is 0.0418 e. The van der Waals surface area contributed by atoms with Gasteiger partial charge in [0.15, 0.2) is 0 Å². The van der Waals surface area contributed by atoms with Crippen LogP contribution in [0.1, 0.15) is 11.1 Å². The van der Waals surface area contributed by atoms with E-state index >= 15 is 0 Å². The average molecular weight is 235 g/mol. The Hall–Kier alpha value is -0.980. The Kier molecular flexibility index (Phi) is 2.01. The normalized spacial score (nSPS) is 14.1. The maximum atomic E-state index is 6.10. The van der Waals surface area contributed by atoms with Crippen LogP contribution in [0.5, 0.6) is 0 Å². The quantitative estimate of drug-likeness (QED) is 0.624. The van der Waals surface area contributed by atoms with Crippen LogP contribution in [-0.4, -0.2) is 0 Å². The summed E-state index contributed by atoms with van der Waals surface area (Å²) >= 11 is 12.2. The van der Waals surface area contributed by atoms with Crippen LogP contribution in [-0.2, 0) is 6.42 Å². The first-order valence-corrected chi connectivity index (χ1v) is 5.57. The first-order valence-electron chi connectivity index (χ1n) is 4.81. The van der Waals surface area contributed by atoms with Gasteiger partial charge in [-0.25, -0.2) is 0 Å². The van der Waals surface area contributed by atoms with E-state index in [9.17, 15) is 0 Å². The van der Waals surface area contributed by atoms with E-state index in [0.717, 1.165) is 22.0 Å². The van der Waals surface area contributed by atoms with Gasteiger partial charge in [0.25, 0.3) is 0 Å². The second kappa shape index (κ2) is 3.26. The van der Waals surface area contributed by atoms with Crippen molar-refractivity contribution in [3.63, 3.8) is 0 Å². The predicted octanol–water partition coefficient (Wildman–Crippen LogP) is 4.63. The van der Waals surface area contributed by atoms with Crippen LogP contribution in [0.3, 0.4) is 0 Å². The van der Waals surface area contributed by atoms with E-state index in [1.54, 1.807) is 0 Å². The Morgan fingerprint density at radius 1 is 1.07 bits per heavy atom. The van der Waals surface area contributed by atoms with Gasteiger partial charge in [-0.1, -0.05) is 41.4 Å². The van der Waals surface area contributed by atoms with E-state index in [0.29, 0.717) is 0 Å². The predicted molar refractivity (Wildman–Crippen MR) is 66.5 cm³/mol. The molecule has 74 valence electrons. The van der Waals surface area contributed by atoms with Gasteiger partial charge >= 0.3 is 0 Å². The summed E-state index contributed by atoms with van der Waals surface area (Å²) in [6.07, 6.45) is 2.83. The lowest BCUT2D eigenvalue weighted by atomic mass is 9.93. The summed E-state index contributed by atoms with van der Waals surface area (Å²) in [6, 6.07) is 10.2. The van der Waals surface area contributed by atoms with Crippen molar-refractivity contribution in [2.75, 3.05) is 0 Å². The van der Waals surface area contributed by atoms with Crippen LogP contribution in [0.2, 0.25) is 5.02 Å². The molecule has 0 aliphatic heterocycles. The molecule has 0 bridgehead atoms. The molecule has 0 unspecified atom stereocenters. The molecule has 0 spiro atoms. The number of rotatable bonds is 0. The van der Waals surface area contributed by atoms with E-state index in [-0.39, 0.29) is 0 Å². The van der Waals surface area contributed by atoms with Gasteiger partial charge < -0.3 is 0 Å². The first kappa shape index (κ1) is 9.26. The average Bonchev–Trinajstić information content (AvgIpc) is 2.16. The highest BCUT2D eigenvalue weighted by Crippen LogP contribution is 2.34. The van der Waals surface area contributed by atoms with Crippen molar-refractivity contribution >= 4 is 40.1 Å². The molecular formula is C13H8Cl2. The summed E-state index contributed by atoms with van der Waals surface area (Å²) in [5.74, 6) is 0. The van der Waals surface area contributed by atoms with Crippen LogP contribution in [0.25, 0.3) is 16.8 Å². The second-order valence-electron chi connectivity index (χ2n) is 3.78. The summed E-state index contributed by atoms with van der Waals surface area (Å²) in [7, 11) is 0. The molecule has 0 amide bonds. The maximum absolute atomic E-state index is 6.10. The molecule has 0 aromatic heterocycles. The Labute approximate surface area is 98.1 Å². The van der Waals surface area contributed by atoms with Crippen molar-refractivity contribution in [1.82, 2.24) is 0 Å². The smallest absolute Gasteiger partial charge is 0.0418 e. The molecular weight excluding hydrogens is 227 g/mol. The molecule has 0 N–H and O–H groups in total. The molecule has 2 aromatic carbocycles. The van der Waals surface area contributed by atoms with Gasteiger partial charge in [0, 0.05) is 16.5 Å². The molecule has 15 heavy (non-hydrogen) atoms. The Morgan fingerprint density at radius 3 is 2.80 bits per heavy atom. The van der Waals surface area contributed by atoms with E-state index < -0.39 is 0 Å². The van der Waals surface area contributed by atoms with Crippen molar-refractivity contribution in [1.29, 1.82) is 0 Å². The van der Waals surface area contributed by atoms with Crippen molar-refractivity contribution in [2.24, 2.45) is 0 Å². The van der Waals surface area contributed by atoms with E-state index in [4.69, 9.17) is 23.2 Å². The first-order chi connectivity index (χ1) is 7.24. The zero-order valence-electron chi connectivity index (χ0n) is 7.93. The van der Waals surface area contributed by atoms with Gasteiger partial charge in [-0.3, -0.25) is 0 Å². The van der Waals surface area contributed by atoms with Gasteiger partial charge in [-0.15, -0.1) is 0 Å². The minimum absolute atomic E-state index is 0.761. The van der Waals surface area contributed by atoms with Crippen LogP contribution >= 0.6 is 23.2 Å². The van der Waals surface area contributed by atoms with Crippen molar-refractivity contribution in [2.45, 2.75) is 6.42 Å². The molecule has 0 saturated heterocycles. The lowest BCUT2D eigenvalue weighted by Gasteiger charge is -2.14. The number of hydrogen-bond donors (Lipinski definition) is 0. The summed E-state index contributed by atoms with van der Waals surface area (Å²) in [6.45, 7) is 0. The minimum atomic E-state index is 0.761. The van der Waals surface area contributed by atoms with Crippen LogP contribution in [0, 0.1) is 0 Å². The van der Waals surface area contributed by atoms with Gasteiger partial charge in [0.1, 0.15) is 0 Å².